The highest BCUT2D eigenvalue weighted by molar-refractivity contribution is 5.98. The van der Waals surface area contributed by atoms with Crippen LogP contribution in [0.4, 0.5) is 0 Å². The Morgan fingerprint density at radius 1 is 1.12 bits per heavy atom. The molecule has 0 fully saturated rings. The molecule has 3 aromatic rings. The van der Waals surface area contributed by atoms with E-state index in [1.807, 2.05) is 54.0 Å². The van der Waals surface area contributed by atoms with Crippen molar-refractivity contribution >= 4 is 23.1 Å². The molecule has 0 aliphatic heterocycles. The van der Waals surface area contributed by atoms with Gasteiger partial charge in [-0.2, -0.15) is 0 Å². The second-order valence-corrected chi connectivity index (χ2v) is 6.34. The summed E-state index contributed by atoms with van der Waals surface area (Å²) in [5.41, 5.74) is 2.79. The highest BCUT2D eigenvalue weighted by Crippen LogP contribution is 2.19. The van der Waals surface area contributed by atoms with Gasteiger partial charge >= 0.3 is 0 Å². The van der Waals surface area contributed by atoms with Gasteiger partial charge in [0.15, 0.2) is 6.29 Å². The minimum absolute atomic E-state index is 0.0428. The standard InChI is InChI=1S/C21H22N2O2/c1-16(11-12-17-7-3-2-4-8-17)22-21(25)14-23-13-18(15-24)19-9-5-6-10-20(19)23/h2-10,13,15-16H,11-12,14H2,1H3,(H,22,25). The molecule has 0 saturated carbocycles. The number of rotatable bonds is 7. The first-order valence-electron chi connectivity index (χ1n) is 8.53. The Labute approximate surface area is 147 Å². The van der Waals surface area contributed by atoms with Crippen LogP contribution in [0.25, 0.3) is 10.9 Å². The van der Waals surface area contributed by atoms with Crippen LogP contribution in [0.3, 0.4) is 0 Å². The molecule has 1 heterocycles. The summed E-state index contributed by atoms with van der Waals surface area (Å²) < 4.78 is 1.83. The molecule has 1 unspecified atom stereocenters. The number of nitrogens with one attached hydrogen (secondary N) is 1. The highest BCUT2D eigenvalue weighted by Gasteiger charge is 2.12. The van der Waals surface area contributed by atoms with E-state index < -0.39 is 0 Å². The minimum Gasteiger partial charge on any atom is -0.352 e. The summed E-state index contributed by atoms with van der Waals surface area (Å²) in [6.45, 7) is 2.23. The number of nitrogens with zero attached hydrogens (tertiary/aromatic N) is 1. The summed E-state index contributed by atoms with van der Waals surface area (Å²) in [7, 11) is 0. The molecule has 25 heavy (non-hydrogen) atoms. The normalized spacial score (nSPS) is 12.0. The molecule has 1 amide bonds. The van der Waals surface area contributed by atoms with E-state index in [0.717, 1.165) is 30.0 Å². The van der Waals surface area contributed by atoms with Crippen molar-refractivity contribution in [2.24, 2.45) is 0 Å². The first-order valence-corrected chi connectivity index (χ1v) is 8.53. The minimum atomic E-state index is -0.0428. The number of benzene rings is 2. The number of aldehydes is 1. The molecule has 4 heteroatoms. The molecule has 0 radical (unpaired) electrons. The molecular weight excluding hydrogens is 312 g/mol. The molecule has 0 saturated heterocycles. The van der Waals surface area contributed by atoms with Gasteiger partial charge in [0.2, 0.25) is 5.91 Å². The van der Waals surface area contributed by atoms with Gasteiger partial charge < -0.3 is 9.88 Å². The Bertz CT molecular complexity index is 868. The molecule has 1 atom stereocenters. The number of aromatic nitrogens is 1. The van der Waals surface area contributed by atoms with E-state index in [1.165, 1.54) is 5.56 Å². The van der Waals surface area contributed by atoms with Crippen LogP contribution in [-0.4, -0.2) is 22.8 Å². The SMILES string of the molecule is CC(CCc1ccccc1)NC(=O)Cn1cc(C=O)c2ccccc21. The maximum absolute atomic E-state index is 12.4. The lowest BCUT2D eigenvalue weighted by Crippen LogP contribution is -2.35. The Hall–Kier alpha value is -2.88. The molecule has 4 nitrogen and oxygen atoms in total. The van der Waals surface area contributed by atoms with Gasteiger partial charge in [0.1, 0.15) is 6.54 Å². The second kappa shape index (κ2) is 7.79. The fraction of sp³-hybridized carbons (Fsp3) is 0.238. The monoisotopic (exact) mass is 334 g/mol. The van der Waals surface area contributed by atoms with Gasteiger partial charge in [0, 0.05) is 28.7 Å². The molecule has 0 aliphatic rings. The fourth-order valence-electron chi connectivity index (χ4n) is 3.08. The average molecular weight is 334 g/mol. The van der Waals surface area contributed by atoms with Gasteiger partial charge in [-0.15, -0.1) is 0 Å². The van der Waals surface area contributed by atoms with Crippen LogP contribution in [0, 0.1) is 0 Å². The maximum Gasteiger partial charge on any atom is 0.240 e. The highest BCUT2D eigenvalue weighted by atomic mass is 16.2. The number of fused-ring (bicyclic) bond motifs is 1. The molecule has 0 aliphatic carbocycles. The largest absolute Gasteiger partial charge is 0.352 e. The zero-order valence-corrected chi connectivity index (χ0v) is 14.3. The van der Waals surface area contributed by atoms with E-state index in [9.17, 15) is 9.59 Å². The number of carbonyl (C=O) groups excluding carboxylic acids is 2. The molecule has 128 valence electrons. The van der Waals surface area contributed by atoms with E-state index in [1.54, 1.807) is 6.20 Å². The van der Waals surface area contributed by atoms with Gasteiger partial charge in [-0.25, -0.2) is 0 Å². The fourth-order valence-corrected chi connectivity index (χ4v) is 3.08. The van der Waals surface area contributed by atoms with Crippen LogP contribution in [0.2, 0.25) is 0 Å². The van der Waals surface area contributed by atoms with Crippen LogP contribution in [-0.2, 0) is 17.8 Å². The van der Waals surface area contributed by atoms with Gasteiger partial charge in [0.25, 0.3) is 0 Å². The van der Waals surface area contributed by atoms with Crippen molar-refractivity contribution in [3.63, 3.8) is 0 Å². The molecule has 2 aromatic carbocycles. The summed E-state index contributed by atoms with van der Waals surface area (Å²) in [5, 5.41) is 3.92. The predicted octanol–water partition coefficient (Wildman–Crippen LogP) is 3.59. The van der Waals surface area contributed by atoms with Gasteiger partial charge in [-0.05, 0) is 31.4 Å². The molecule has 0 bridgehead atoms. The zero-order chi connectivity index (χ0) is 17.6. The Morgan fingerprint density at radius 3 is 2.60 bits per heavy atom. The smallest absolute Gasteiger partial charge is 0.240 e. The lowest BCUT2D eigenvalue weighted by Gasteiger charge is -2.14. The second-order valence-electron chi connectivity index (χ2n) is 6.34. The Balaban J connectivity index is 1.60. The van der Waals surface area contributed by atoms with Crippen LogP contribution < -0.4 is 5.32 Å². The lowest BCUT2D eigenvalue weighted by atomic mass is 10.1. The van der Waals surface area contributed by atoms with Gasteiger partial charge in [-0.1, -0.05) is 48.5 Å². The quantitative estimate of drug-likeness (QED) is 0.671. The number of aryl methyl sites for hydroxylation is 1. The summed E-state index contributed by atoms with van der Waals surface area (Å²) in [6.07, 6.45) is 4.40. The van der Waals surface area contributed by atoms with Crippen LogP contribution in [0.5, 0.6) is 0 Å². The van der Waals surface area contributed by atoms with Gasteiger partial charge in [-0.3, -0.25) is 9.59 Å². The Morgan fingerprint density at radius 2 is 1.84 bits per heavy atom. The zero-order valence-electron chi connectivity index (χ0n) is 14.3. The van der Waals surface area contributed by atoms with Crippen LogP contribution >= 0.6 is 0 Å². The maximum atomic E-state index is 12.4. The third-order valence-corrected chi connectivity index (χ3v) is 4.38. The first-order chi connectivity index (χ1) is 12.2. The average Bonchev–Trinajstić information content (AvgIpc) is 2.98. The number of para-hydroxylation sites is 1. The number of hydrogen-bond donors (Lipinski definition) is 1. The summed E-state index contributed by atoms with van der Waals surface area (Å²) >= 11 is 0. The van der Waals surface area contributed by atoms with Crippen molar-refractivity contribution in [1.82, 2.24) is 9.88 Å². The first kappa shape index (κ1) is 17.0. The third-order valence-electron chi connectivity index (χ3n) is 4.38. The van der Waals surface area contributed by atoms with Crippen molar-refractivity contribution in [2.75, 3.05) is 0 Å². The van der Waals surface area contributed by atoms with Crippen LogP contribution in [0.15, 0.2) is 60.8 Å². The molecular formula is C21H22N2O2. The Kier molecular flexibility index (Phi) is 5.29. The molecule has 1 aromatic heterocycles. The summed E-state index contributed by atoms with van der Waals surface area (Å²) in [6, 6.07) is 18.0. The summed E-state index contributed by atoms with van der Waals surface area (Å²) in [4.78, 5) is 23.6. The van der Waals surface area contributed by atoms with E-state index in [4.69, 9.17) is 0 Å². The van der Waals surface area contributed by atoms with E-state index in [-0.39, 0.29) is 18.5 Å². The molecule has 0 spiro atoms. The van der Waals surface area contributed by atoms with Crippen molar-refractivity contribution in [2.45, 2.75) is 32.4 Å². The lowest BCUT2D eigenvalue weighted by molar-refractivity contribution is -0.122. The third kappa shape index (κ3) is 4.15. The van der Waals surface area contributed by atoms with Gasteiger partial charge in [0.05, 0.1) is 0 Å². The van der Waals surface area contributed by atoms with Crippen molar-refractivity contribution < 1.29 is 9.59 Å². The number of hydrogen-bond acceptors (Lipinski definition) is 2. The van der Waals surface area contributed by atoms with Crippen LogP contribution in [0.1, 0.15) is 29.3 Å². The summed E-state index contributed by atoms with van der Waals surface area (Å²) in [5.74, 6) is -0.0428. The molecule has 3 rings (SSSR count). The van der Waals surface area contributed by atoms with Crippen molar-refractivity contribution in [3.05, 3.63) is 71.9 Å². The van der Waals surface area contributed by atoms with E-state index >= 15 is 0 Å². The van der Waals surface area contributed by atoms with E-state index in [0.29, 0.717) is 5.56 Å². The molecule has 1 N–H and O–H groups in total. The van der Waals surface area contributed by atoms with Crippen molar-refractivity contribution in [1.29, 1.82) is 0 Å². The van der Waals surface area contributed by atoms with E-state index in [2.05, 4.69) is 17.4 Å². The number of amides is 1. The van der Waals surface area contributed by atoms with Crippen molar-refractivity contribution in [3.8, 4) is 0 Å². The number of carbonyl (C=O) groups is 2. The predicted molar refractivity (Wildman–Crippen MR) is 99.7 cm³/mol. The topological polar surface area (TPSA) is 51.1 Å².